The molecule has 0 unspecified atom stereocenters. The monoisotopic (exact) mass is 230 g/mol. The molecule has 0 atom stereocenters. The summed E-state index contributed by atoms with van der Waals surface area (Å²) in [5.41, 5.74) is 3.44. The molecule has 0 N–H and O–H groups in total. The molecule has 2 rings (SSSR count). The van der Waals surface area contributed by atoms with Crippen LogP contribution in [0.25, 0.3) is 11.3 Å². The lowest BCUT2D eigenvalue weighted by atomic mass is 10.1. The lowest BCUT2D eigenvalue weighted by Gasteiger charge is -2.05. The molecular weight excluding hydrogens is 216 g/mol. The maximum Gasteiger partial charge on any atom is 0.168 e. The second-order valence-electron chi connectivity index (χ2n) is 3.88. The number of hydrogen-bond donors (Lipinski definition) is 0. The highest BCUT2D eigenvalue weighted by atomic mass is 16.5. The smallest absolute Gasteiger partial charge is 0.168 e. The quantitative estimate of drug-likeness (QED) is 0.759. The number of hydrogen-bond acceptors (Lipinski definition) is 3. The Morgan fingerprint density at radius 3 is 2.65 bits per heavy atom. The molecule has 1 aromatic heterocycles. The van der Waals surface area contributed by atoms with Crippen molar-refractivity contribution in [3.63, 3.8) is 0 Å². The molecule has 0 aliphatic heterocycles. The number of rotatable bonds is 3. The highest BCUT2D eigenvalue weighted by Crippen LogP contribution is 2.25. The van der Waals surface area contributed by atoms with Crippen molar-refractivity contribution in [2.45, 2.75) is 6.92 Å². The fourth-order valence-corrected chi connectivity index (χ4v) is 1.77. The summed E-state index contributed by atoms with van der Waals surface area (Å²) in [6.07, 6.45) is 0.801. The molecule has 0 saturated heterocycles. The van der Waals surface area contributed by atoms with E-state index in [4.69, 9.17) is 4.74 Å². The normalized spacial score (nSPS) is 10.3. The maximum absolute atomic E-state index is 10.8. The largest absolute Gasteiger partial charge is 0.497 e. The molecule has 0 aliphatic carbocycles. The number of nitrogens with zero attached hydrogens (tertiary/aromatic N) is 2. The van der Waals surface area contributed by atoms with E-state index < -0.39 is 0 Å². The molecule has 4 nitrogen and oxygen atoms in total. The fourth-order valence-electron chi connectivity index (χ4n) is 1.77. The molecule has 17 heavy (non-hydrogen) atoms. The summed E-state index contributed by atoms with van der Waals surface area (Å²) in [6.45, 7) is 1.99. The van der Waals surface area contributed by atoms with Gasteiger partial charge in [-0.2, -0.15) is 5.10 Å². The van der Waals surface area contributed by atoms with Crippen molar-refractivity contribution in [2.75, 3.05) is 7.11 Å². The topological polar surface area (TPSA) is 44.1 Å². The summed E-state index contributed by atoms with van der Waals surface area (Å²) in [5, 5.41) is 4.31. The lowest BCUT2D eigenvalue weighted by Crippen LogP contribution is -1.95. The molecular formula is C13H14N2O2. The van der Waals surface area contributed by atoms with Crippen molar-refractivity contribution < 1.29 is 9.53 Å². The van der Waals surface area contributed by atoms with E-state index >= 15 is 0 Å². The van der Waals surface area contributed by atoms with Gasteiger partial charge < -0.3 is 4.74 Å². The fraction of sp³-hybridized carbons (Fsp3) is 0.231. The third-order valence-corrected chi connectivity index (χ3v) is 2.75. The number of aromatic nitrogens is 2. The first-order valence-electron chi connectivity index (χ1n) is 5.30. The van der Waals surface area contributed by atoms with Gasteiger partial charge in [-0.3, -0.25) is 9.48 Å². The molecule has 0 saturated carbocycles. The van der Waals surface area contributed by atoms with Crippen molar-refractivity contribution >= 4 is 6.29 Å². The van der Waals surface area contributed by atoms with E-state index in [1.54, 1.807) is 24.9 Å². The van der Waals surface area contributed by atoms with Gasteiger partial charge in [0, 0.05) is 12.6 Å². The van der Waals surface area contributed by atoms with Crippen LogP contribution < -0.4 is 4.74 Å². The number of methoxy groups -OCH3 is 1. The number of aldehydes is 1. The van der Waals surface area contributed by atoms with Crippen molar-refractivity contribution in [1.29, 1.82) is 0 Å². The predicted octanol–water partition coefficient (Wildman–Crippen LogP) is 2.22. The average Bonchev–Trinajstić information content (AvgIpc) is 2.70. The van der Waals surface area contributed by atoms with Crippen LogP contribution in [-0.4, -0.2) is 23.2 Å². The van der Waals surface area contributed by atoms with Gasteiger partial charge in [0.25, 0.3) is 0 Å². The molecule has 0 aliphatic rings. The maximum atomic E-state index is 10.8. The summed E-state index contributed by atoms with van der Waals surface area (Å²) < 4.78 is 6.73. The first-order chi connectivity index (χ1) is 8.15. The third-order valence-electron chi connectivity index (χ3n) is 2.75. The molecule has 1 heterocycles. The van der Waals surface area contributed by atoms with Gasteiger partial charge in [-0.15, -0.1) is 0 Å². The Kier molecular flexibility index (Phi) is 2.95. The van der Waals surface area contributed by atoms with Crippen LogP contribution in [0.15, 0.2) is 24.3 Å². The number of carbonyl (C=O) groups excluding carboxylic acids is 1. The van der Waals surface area contributed by atoms with Gasteiger partial charge in [0.2, 0.25) is 0 Å². The minimum absolute atomic E-state index is 0.565. The molecule has 0 spiro atoms. The number of carbonyl (C=O) groups is 1. The first-order valence-corrected chi connectivity index (χ1v) is 5.30. The van der Waals surface area contributed by atoms with E-state index in [1.165, 1.54) is 0 Å². The van der Waals surface area contributed by atoms with Crippen LogP contribution in [0.5, 0.6) is 5.75 Å². The van der Waals surface area contributed by atoms with E-state index in [0.717, 1.165) is 28.9 Å². The Bertz CT molecular complexity index is 559. The molecule has 0 fully saturated rings. The van der Waals surface area contributed by atoms with Crippen molar-refractivity contribution in [3.8, 4) is 17.0 Å². The van der Waals surface area contributed by atoms with Gasteiger partial charge in [-0.05, 0) is 36.8 Å². The first kappa shape index (κ1) is 11.4. The second kappa shape index (κ2) is 4.41. The lowest BCUT2D eigenvalue weighted by molar-refractivity contribution is 0.111. The van der Waals surface area contributed by atoms with Gasteiger partial charge in [-0.1, -0.05) is 0 Å². The standard InChI is InChI=1S/C13H14N2O2/c1-9-6-11(17-3)4-5-12(9)13-7-10(8-16)15(2)14-13/h4-8H,1-3H3. The summed E-state index contributed by atoms with van der Waals surface area (Å²) >= 11 is 0. The molecule has 0 amide bonds. The second-order valence-corrected chi connectivity index (χ2v) is 3.88. The van der Waals surface area contributed by atoms with Gasteiger partial charge in [0.1, 0.15) is 11.4 Å². The van der Waals surface area contributed by atoms with Crippen molar-refractivity contribution in [1.82, 2.24) is 9.78 Å². The van der Waals surface area contributed by atoms with E-state index in [-0.39, 0.29) is 0 Å². The molecule has 88 valence electrons. The predicted molar refractivity (Wildman–Crippen MR) is 65.3 cm³/mol. The zero-order chi connectivity index (χ0) is 12.4. The summed E-state index contributed by atoms with van der Waals surface area (Å²) in [6, 6.07) is 7.56. The van der Waals surface area contributed by atoms with Crippen molar-refractivity contribution in [3.05, 3.63) is 35.5 Å². The molecule has 4 heteroatoms. The summed E-state index contributed by atoms with van der Waals surface area (Å²) in [7, 11) is 3.39. The molecule has 0 radical (unpaired) electrons. The Morgan fingerprint density at radius 1 is 1.35 bits per heavy atom. The SMILES string of the molecule is COc1ccc(-c2cc(C=O)n(C)n2)c(C)c1. The van der Waals surface area contributed by atoms with Crippen LogP contribution >= 0.6 is 0 Å². The summed E-state index contributed by atoms with van der Waals surface area (Å²) in [4.78, 5) is 10.8. The van der Waals surface area contributed by atoms with Gasteiger partial charge in [-0.25, -0.2) is 0 Å². The molecule has 2 aromatic rings. The Balaban J connectivity index is 2.48. The average molecular weight is 230 g/mol. The van der Waals surface area contributed by atoms with E-state index in [1.807, 2.05) is 25.1 Å². The van der Waals surface area contributed by atoms with E-state index in [2.05, 4.69) is 5.10 Å². The summed E-state index contributed by atoms with van der Waals surface area (Å²) in [5.74, 6) is 0.817. The van der Waals surface area contributed by atoms with Gasteiger partial charge in [0.05, 0.1) is 12.8 Å². The highest BCUT2D eigenvalue weighted by molar-refractivity contribution is 5.76. The Labute approximate surface area is 99.8 Å². The van der Waals surface area contributed by atoms with Crippen molar-refractivity contribution in [2.24, 2.45) is 7.05 Å². The zero-order valence-corrected chi connectivity index (χ0v) is 10.1. The van der Waals surface area contributed by atoms with Gasteiger partial charge >= 0.3 is 0 Å². The van der Waals surface area contributed by atoms with Crippen LogP contribution in [0.4, 0.5) is 0 Å². The number of benzene rings is 1. The Hall–Kier alpha value is -2.10. The Morgan fingerprint density at radius 2 is 2.12 bits per heavy atom. The van der Waals surface area contributed by atoms with Crippen LogP contribution in [0.2, 0.25) is 0 Å². The van der Waals surface area contributed by atoms with E-state index in [9.17, 15) is 4.79 Å². The highest BCUT2D eigenvalue weighted by Gasteiger charge is 2.09. The minimum Gasteiger partial charge on any atom is -0.497 e. The third kappa shape index (κ3) is 2.06. The number of ether oxygens (including phenoxy) is 1. The van der Waals surface area contributed by atoms with Crippen LogP contribution in [0, 0.1) is 6.92 Å². The van der Waals surface area contributed by atoms with Crippen LogP contribution in [-0.2, 0) is 7.05 Å². The van der Waals surface area contributed by atoms with E-state index in [0.29, 0.717) is 5.69 Å². The molecule has 1 aromatic carbocycles. The molecule has 0 bridgehead atoms. The van der Waals surface area contributed by atoms with Crippen LogP contribution in [0.1, 0.15) is 16.1 Å². The number of aryl methyl sites for hydroxylation is 2. The minimum atomic E-state index is 0.565. The zero-order valence-electron chi connectivity index (χ0n) is 10.1. The van der Waals surface area contributed by atoms with Crippen LogP contribution in [0.3, 0.4) is 0 Å². The van der Waals surface area contributed by atoms with Gasteiger partial charge in [0.15, 0.2) is 6.29 Å².